The molecule has 1 N–H and O–H groups in total. The third kappa shape index (κ3) is 3.57. The second-order valence-corrected chi connectivity index (χ2v) is 5.99. The van der Waals surface area contributed by atoms with Gasteiger partial charge in [0.25, 0.3) is 0 Å². The molecular formula is C15H28N4. The van der Waals surface area contributed by atoms with Gasteiger partial charge in [-0.05, 0) is 40.2 Å². The molecule has 19 heavy (non-hydrogen) atoms. The number of rotatable bonds is 5. The van der Waals surface area contributed by atoms with Crippen molar-refractivity contribution in [3.8, 4) is 0 Å². The highest BCUT2D eigenvalue weighted by molar-refractivity contribution is 5.15. The number of hydrogen-bond donors (Lipinski definition) is 1. The van der Waals surface area contributed by atoms with E-state index in [1.165, 1.54) is 37.1 Å². The average molecular weight is 264 g/mol. The van der Waals surface area contributed by atoms with Gasteiger partial charge in [-0.15, -0.1) is 0 Å². The maximum Gasteiger partial charge on any atom is 0.0537 e. The molecule has 0 unspecified atom stereocenters. The van der Waals surface area contributed by atoms with Crippen LogP contribution in [0.15, 0.2) is 6.20 Å². The van der Waals surface area contributed by atoms with Crippen LogP contribution in [0.25, 0.3) is 0 Å². The van der Waals surface area contributed by atoms with Crippen molar-refractivity contribution in [3.05, 3.63) is 17.5 Å². The lowest BCUT2D eigenvalue weighted by molar-refractivity contribution is 0.110. The fourth-order valence-electron chi connectivity index (χ4n) is 3.01. The van der Waals surface area contributed by atoms with Crippen molar-refractivity contribution in [1.82, 2.24) is 20.0 Å². The highest BCUT2D eigenvalue weighted by Crippen LogP contribution is 2.19. The third-order valence-electron chi connectivity index (χ3n) is 4.37. The summed E-state index contributed by atoms with van der Waals surface area (Å²) in [6.07, 6.45) is 6.04. The molecule has 108 valence electrons. The van der Waals surface area contributed by atoms with E-state index in [1.807, 2.05) is 17.9 Å². The fraction of sp³-hybridized carbons (Fsp3) is 0.800. The van der Waals surface area contributed by atoms with E-state index in [9.17, 15) is 0 Å². The maximum atomic E-state index is 4.29. The first-order chi connectivity index (χ1) is 9.09. The molecule has 1 aromatic heterocycles. The first-order valence-corrected chi connectivity index (χ1v) is 7.53. The second kappa shape index (κ2) is 6.53. The van der Waals surface area contributed by atoms with Gasteiger partial charge in [-0.2, -0.15) is 5.10 Å². The summed E-state index contributed by atoms with van der Waals surface area (Å²) >= 11 is 0. The molecule has 0 amide bonds. The monoisotopic (exact) mass is 264 g/mol. The van der Waals surface area contributed by atoms with Crippen LogP contribution in [0.1, 0.15) is 44.4 Å². The first-order valence-electron chi connectivity index (χ1n) is 7.53. The van der Waals surface area contributed by atoms with Crippen LogP contribution in [0.5, 0.6) is 0 Å². The highest BCUT2D eigenvalue weighted by Gasteiger charge is 2.23. The lowest BCUT2D eigenvalue weighted by Gasteiger charge is -2.38. The minimum atomic E-state index is 0.659. The second-order valence-electron chi connectivity index (χ2n) is 5.99. The molecule has 1 fully saturated rings. The summed E-state index contributed by atoms with van der Waals surface area (Å²) < 4.78 is 1.94. The van der Waals surface area contributed by atoms with Crippen molar-refractivity contribution in [2.75, 3.05) is 13.1 Å². The average Bonchev–Trinajstić information content (AvgIpc) is 2.71. The molecule has 4 heteroatoms. The molecule has 0 bridgehead atoms. The van der Waals surface area contributed by atoms with Gasteiger partial charge in [-0.3, -0.25) is 9.58 Å². The zero-order valence-electron chi connectivity index (χ0n) is 12.8. The third-order valence-corrected chi connectivity index (χ3v) is 4.37. The molecule has 0 aromatic carbocycles. The Hall–Kier alpha value is -0.870. The predicted molar refractivity (Wildman–Crippen MR) is 79.1 cm³/mol. The van der Waals surface area contributed by atoms with Gasteiger partial charge in [-0.25, -0.2) is 0 Å². The minimum absolute atomic E-state index is 0.659. The number of piperidine rings is 1. The van der Waals surface area contributed by atoms with Crippen LogP contribution in [0.4, 0.5) is 0 Å². The van der Waals surface area contributed by atoms with Crippen molar-refractivity contribution in [2.24, 2.45) is 7.05 Å². The maximum absolute atomic E-state index is 4.29. The van der Waals surface area contributed by atoms with E-state index in [4.69, 9.17) is 0 Å². The van der Waals surface area contributed by atoms with Gasteiger partial charge < -0.3 is 5.32 Å². The Morgan fingerprint density at radius 1 is 1.42 bits per heavy atom. The highest BCUT2D eigenvalue weighted by atomic mass is 15.3. The van der Waals surface area contributed by atoms with E-state index in [1.54, 1.807) is 0 Å². The zero-order chi connectivity index (χ0) is 13.8. The lowest BCUT2D eigenvalue weighted by atomic mass is 10.0. The molecule has 4 nitrogen and oxygen atoms in total. The van der Waals surface area contributed by atoms with Gasteiger partial charge in [0.15, 0.2) is 0 Å². The van der Waals surface area contributed by atoms with Crippen molar-refractivity contribution >= 4 is 0 Å². The van der Waals surface area contributed by atoms with E-state index in [-0.39, 0.29) is 0 Å². The molecule has 2 heterocycles. The van der Waals surface area contributed by atoms with Crippen LogP contribution in [0, 0.1) is 6.92 Å². The van der Waals surface area contributed by atoms with E-state index in [2.05, 4.69) is 36.1 Å². The van der Waals surface area contributed by atoms with Crippen LogP contribution >= 0.6 is 0 Å². The normalized spacial score (nSPS) is 21.2. The molecule has 0 saturated carbocycles. The Bertz CT molecular complexity index is 397. The number of aryl methyl sites for hydroxylation is 1. The van der Waals surface area contributed by atoms with E-state index >= 15 is 0 Å². The van der Waals surface area contributed by atoms with E-state index in [0.717, 1.165) is 13.1 Å². The van der Waals surface area contributed by atoms with Gasteiger partial charge in [0.1, 0.15) is 0 Å². The standard InChI is InChI=1S/C15H28N4/c1-12(2)19-8-6-5-7-15(19)11-16-9-14-10-17-18(4)13(14)3/h10,12,15-16H,5-9,11H2,1-4H3/t15-/m0/s1. The molecule has 2 rings (SSSR count). The van der Waals surface area contributed by atoms with Crippen molar-refractivity contribution < 1.29 is 0 Å². The molecule has 0 aliphatic carbocycles. The predicted octanol–water partition coefficient (Wildman–Crippen LogP) is 2.08. The summed E-state index contributed by atoms with van der Waals surface area (Å²) in [6, 6.07) is 1.36. The van der Waals surface area contributed by atoms with Crippen molar-refractivity contribution in [1.29, 1.82) is 0 Å². The Balaban J connectivity index is 1.82. The topological polar surface area (TPSA) is 33.1 Å². The van der Waals surface area contributed by atoms with Gasteiger partial charge in [0.2, 0.25) is 0 Å². The van der Waals surface area contributed by atoms with E-state index in [0.29, 0.717) is 12.1 Å². The van der Waals surface area contributed by atoms with Crippen LogP contribution < -0.4 is 5.32 Å². The minimum Gasteiger partial charge on any atom is -0.311 e. The van der Waals surface area contributed by atoms with Crippen LogP contribution in [-0.4, -0.2) is 39.9 Å². The number of hydrogen-bond acceptors (Lipinski definition) is 3. The van der Waals surface area contributed by atoms with Gasteiger partial charge >= 0.3 is 0 Å². The molecule has 1 aliphatic heterocycles. The SMILES string of the molecule is Cc1c(CNC[C@@H]2CCCCN2C(C)C)cnn1C. The largest absolute Gasteiger partial charge is 0.311 e. The molecule has 1 aliphatic rings. The molecular weight excluding hydrogens is 236 g/mol. The summed E-state index contributed by atoms with van der Waals surface area (Å²) in [5, 5.41) is 7.91. The van der Waals surface area contributed by atoms with Gasteiger partial charge in [0.05, 0.1) is 6.20 Å². The number of nitrogens with zero attached hydrogens (tertiary/aromatic N) is 3. The van der Waals surface area contributed by atoms with Crippen molar-refractivity contribution in [2.45, 2.75) is 58.7 Å². The van der Waals surface area contributed by atoms with Crippen LogP contribution in [0.3, 0.4) is 0 Å². The van der Waals surface area contributed by atoms with Crippen molar-refractivity contribution in [3.63, 3.8) is 0 Å². The molecule has 0 radical (unpaired) electrons. The molecule has 1 aromatic rings. The number of nitrogens with one attached hydrogen (secondary N) is 1. The Labute approximate surface area is 117 Å². The van der Waals surface area contributed by atoms with E-state index < -0.39 is 0 Å². The van der Waals surface area contributed by atoms with Gasteiger partial charge in [0, 0.05) is 43.5 Å². The fourth-order valence-corrected chi connectivity index (χ4v) is 3.01. The van der Waals surface area contributed by atoms with Crippen LogP contribution in [-0.2, 0) is 13.6 Å². The summed E-state index contributed by atoms with van der Waals surface area (Å²) in [6.45, 7) is 10.0. The summed E-state index contributed by atoms with van der Waals surface area (Å²) in [5.74, 6) is 0. The summed E-state index contributed by atoms with van der Waals surface area (Å²) in [5.41, 5.74) is 2.58. The molecule has 1 saturated heterocycles. The number of likely N-dealkylation sites (tertiary alicyclic amines) is 1. The Kier molecular flexibility index (Phi) is 4.99. The number of aromatic nitrogens is 2. The summed E-state index contributed by atoms with van der Waals surface area (Å²) in [7, 11) is 2.00. The quantitative estimate of drug-likeness (QED) is 0.884. The smallest absolute Gasteiger partial charge is 0.0537 e. The Morgan fingerprint density at radius 3 is 2.84 bits per heavy atom. The lowest BCUT2D eigenvalue weighted by Crippen LogP contribution is -2.48. The van der Waals surface area contributed by atoms with Gasteiger partial charge in [-0.1, -0.05) is 6.42 Å². The van der Waals surface area contributed by atoms with Crippen LogP contribution in [0.2, 0.25) is 0 Å². The zero-order valence-corrected chi connectivity index (χ0v) is 12.8. The summed E-state index contributed by atoms with van der Waals surface area (Å²) in [4.78, 5) is 2.65. The Morgan fingerprint density at radius 2 is 2.21 bits per heavy atom. The molecule has 0 spiro atoms. The first kappa shape index (κ1) is 14.5. The molecule has 1 atom stereocenters.